The number of nitrogens with one attached hydrogen (secondary N) is 3. The molecule has 3 N–H and O–H groups in total. The monoisotopic (exact) mass is 678 g/mol. The molecule has 1 atom stereocenters. The molecule has 47 heavy (non-hydrogen) atoms. The summed E-state index contributed by atoms with van der Waals surface area (Å²) in [5.41, 5.74) is -0.0599. The number of hydrogen-bond donors (Lipinski definition) is 3. The van der Waals surface area contributed by atoms with Crippen LogP contribution in [-0.2, 0) is 25.8 Å². The number of benzene rings is 1. The molecular weight excluding hydrogens is 645 g/mol. The fourth-order valence-corrected chi connectivity index (χ4v) is 5.31. The Balaban J connectivity index is 1.60. The molecule has 0 unspecified atom stereocenters. The number of alkyl halides is 3. The number of sulfonamides is 1. The van der Waals surface area contributed by atoms with Gasteiger partial charge in [0, 0.05) is 50.7 Å². The summed E-state index contributed by atoms with van der Waals surface area (Å²) in [6, 6.07) is 5.61. The number of carbonyl (C=O) groups is 2. The van der Waals surface area contributed by atoms with Crippen LogP contribution in [0.1, 0.15) is 18.1 Å². The van der Waals surface area contributed by atoms with Gasteiger partial charge in [-0.2, -0.15) is 22.5 Å². The van der Waals surface area contributed by atoms with Crippen molar-refractivity contribution in [3.05, 3.63) is 60.4 Å². The molecule has 252 valence electrons. The molecule has 2 aromatic heterocycles. The minimum atomic E-state index is -4.84. The van der Waals surface area contributed by atoms with Gasteiger partial charge in [0.25, 0.3) is 5.91 Å². The largest absolute Gasteiger partial charge is 0.481 e. The maximum atomic E-state index is 14.0. The third kappa shape index (κ3) is 8.85. The first-order valence-electron chi connectivity index (χ1n) is 14.1. The van der Waals surface area contributed by atoms with E-state index < -0.39 is 45.5 Å². The van der Waals surface area contributed by atoms with Gasteiger partial charge < -0.3 is 30.3 Å². The van der Waals surface area contributed by atoms with E-state index >= 15 is 0 Å². The zero-order valence-electron chi connectivity index (χ0n) is 25.9. The van der Waals surface area contributed by atoms with Gasteiger partial charge in [-0.05, 0) is 37.6 Å². The molecule has 0 aliphatic carbocycles. The molecule has 2 amide bonds. The molecule has 14 nitrogen and oxygen atoms in total. The van der Waals surface area contributed by atoms with Crippen molar-refractivity contribution in [2.75, 3.05) is 55.5 Å². The van der Waals surface area contributed by atoms with Gasteiger partial charge in [-0.3, -0.25) is 9.59 Å². The highest BCUT2D eigenvalue weighted by Gasteiger charge is 2.36. The minimum Gasteiger partial charge on any atom is -0.481 e. The van der Waals surface area contributed by atoms with Crippen LogP contribution in [0, 0.1) is 6.92 Å². The van der Waals surface area contributed by atoms with Crippen LogP contribution in [0.25, 0.3) is 0 Å². The van der Waals surface area contributed by atoms with E-state index in [4.69, 9.17) is 9.47 Å². The van der Waals surface area contributed by atoms with E-state index in [0.717, 1.165) is 12.3 Å². The van der Waals surface area contributed by atoms with Crippen molar-refractivity contribution in [3.63, 3.8) is 0 Å². The van der Waals surface area contributed by atoms with E-state index in [0.29, 0.717) is 17.4 Å². The number of carbonyl (C=O) groups excluding carboxylic acids is 2. The highest BCUT2D eigenvalue weighted by Crippen LogP contribution is 2.38. The zero-order chi connectivity index (χ0) is 34.5. The number of amides is 2. The molecule has 3 heterocycles. The van der Waals surface area contributed by atoms with Gasteiger partial charge in [0.15, 0.2) is 6.10 Å². The average Bonchev–Trinajstić information content (AvgIpc) is 3.02. The molecule has 4 rings (SSSR count). The van der Waals surface area contributed by atoms with Gasteiger partial charge in [-0.15, -0.1) is 0 Å². The van der Waals surface area contributed by atoms with Crippen molar-refractivity contribution in [2.45, 2.75) is 26.1 Å². The normalized spacial score (nSPS) is 14.6. The Hall–Kier alpha value is -4.97. The van der Waals surface area contributed by atoms with Crippen molar-refractivity contribution in [3.8, 4) is 11.6 Å². The molecule has 1 saturated heterocycles. The predicted molar refractivity (Wildman–Crippen MR) is 167 cm³/mol. The summed E-state index contributed by atoms with van der Waals surface area (Å²) in [6.07, 6.45) is -1.65. The van der Waals surface area contributed by atoms with E-state index in [-0.39, 0.29) is 55.1 Å². The molecule has 1 aliphatic rings. The lowest BCUT2D eigenvalue weighted by atomic mass is 10.2. The molecule has 3 aromatic rings. The molecule has 0 saturated carbocycles. The third-order valence-electron chi connectivity index (χ3n) is 7.00. The van der Waals surface area contributed by atoms with E-state index in [1.165, 1.54) is 53.7 Å². The number of rotatable bonds is 11. The fraction of sp³-hybridized carbons (Fsp3) is 0.345. The number of piperazine rings is 1. The Morgan fingerprint density at radius 3 is 2.36 bits per heavy atom. The van der Waals surface area contributed by atoms with E-state index in [1.54, 1.807) is 6.92 Å². The third-order valence-corrected chi connectivity index (χ3v) is 8.30. The number of aryl methyl sites for hydroxylation is 1. The first-order chi connectivity index (χ1) is 22.1. The van der Waals surface area contributed by atoms with Gasteiger partial charge in [-0.1, -0.05) is 6.58 Å². The van der Waals surface area contributed by atoms with Crippen LogP contribution in [0.4, 0.5) is 42.0 Å². The number of aromatic nitrogens is 3. The standard InChI is InChI=1S/C29H33F3N8O6S/c1-6-24(41)35-23-13-19(46-18(3)27(42)39-9-11-40(12-10-39)47(5,43)44)7-8-21(23)36-26-20(29(30,31)32)16-34-28(38-26)37-22-14-25(45-4)33-15-17(22)2/h6-8,13-16,18H,1,9-12H2,2-5H3,(H,35,41)(H2,33,34,36,37,38)/t18-/m0/s1. The number of anilines is 5. The average molecular weight is 679 g/mol. The number of nitrogens with zero attached hydrogens (tertiary/aromatic N) is 5. The molecule has 0 spiro atoms. The topological polar surface area (TPSA) is 168 Å². The molecule has 18 heteroatoms. The first-order valence-corrected chi connectivity index (χ1v) is 15.9. The second kappa shape index (κ2) is 14.2. The Bertz CT molecular complexity index is 1770. The summed E-state index contributed by atoms with van der Waals surface area (Å²) in [4.78, 5) is 38.7. The van der Waals surface area contributed by atoms with Crippen molar-refractivity contribution < 1.29 is 40.7 Å². The van der Waals surface area contributed by atoms with Gasteiger partial charge in [0.2, 0.25) is 27.8 Å². The lowest BCUT2D eigenvalue weighted by Gasteiger charge is -2.34. The van der Waals surface area contributed by atoms with Crippen LogP contribution in [0.15, 0.2) is 49.3 Å². The smallest absolute Gasteiger partial charge is 0.421 e. The lowest BCUT2D eigenvalue weighted by molar-refractivity contribution is -0.139. The molecule has 1 fully saturated rings. The van der Waals surface area contributed by atoms with Crippen molar-refractivity contribution >= 4 is 50.7 Å². The van der Waals surface area contributed by atoms with Crippen LogP contribution in [-0.4, -0.2) is 90.0 Å². The number of methoxy groups -OCH3 is 1. The number of halogens is 3. The van der Waals surface area contributed by atoms with Crippen LogP contribution >= 0.6 is 0 Å². The SMILES string of the molecule is C=CC(=O)Nc1cc(O[C@@H](C)C(=O)N2CCN(S(C)(=O)=O)CC2)ccc1Nc1nc(Nc2cc(OC)ncc2C)ncc1C(F)(F)F. The van der Waals surface area contributed by atoms with Gasteiger partial charge in [-0.25, -0.2) is 18.4 Å². The molecule has 1 aliphatic heterocycles. The molecule has 1 aromatic carbocycles. The molecular formula is C29H33F3N8O6S. The van der Waals surface area contributed by atoms with Gasteiger partial charge >= 0.3 is 6.18 Å². The molecule has 0 radical (unpaired) electrons. The zero-order valence-corrected chi connectivity index (χ0v) is 26.7. The Morgan fingerprint density at radius 1 is 1.04 bits per heavy atom. The maximum Gasteiger partial charge on any atom is 0.421 e. The number of pyridine rings is 1. The van der Waals surface area contributed by atoms with Gasteiger partial charge in [0.05, 0.1) is 30.4 Å². The second-order valence-electron chi connectivity index (χ2n) is 10.4. The van der Waals surface area contributed by atoms with Crippen LogP contribution in [0.3, 0.4) is 0 Å². The van der Waals surface area contributed by atoms with E-state index in [1.807, 2.05) is 0 Å². The predicted octanol–water partition coefficient (Wildman–Crippen LogP) is 3.69. The number of ether oxygens (including phenoxy) is 2. The summed E-state index contributed by atoms with van der Waals surface area (Å²) in [5, 5.41) is 8.02. The molecule has 0 bridgehead atoms. The van der Waals surface area contributed by atoms with Crippen LogP contribution in [0.2, 0.25) is 0 Å². The Morgan fingerprint density at radius 2 is 1.74 bits per heavy atom. The van der Waals surface area contributed by atoms with Crippen LogP contribution < -0.4 is 25.4 Å². The highest BCUT2D eigenvalue weighted by molar-refractivity contribution is 7.88. The van der Waals surface area contributed by atoms with Crippen LogP contribution in [0.5, 0.6) is 11.6 Å². The van der Waals surface area contributed by atoms with Crippen molar-refractivity contribution in [2.24, 2.45) is 0 Å². The Labute approximate surface area is 269 Å². The summed E-state index contributed by atoms with van der Waals surface area (Å²) < 4.78 is 77.8. The number of hydrogen-bond acceptors (Lipinski definition) is 11. The summed E-state index contributed by atoms with van der Waals surface area (Å²) in [6.45, 7) is 7.28. The fourth-order valence-electron chi connectivity index (χ4n) is 4.49. The summed E-state index contributed by atoms with van der Waals surface area (Å²) >= 11 is 0. The quantitative estimate of drug-likeness (QED) is 0.253. The second-order valence-corrected chi connectivity index (χ2v) is 12.4. The Kier molecular flexibility index (Phi) is 10.5. The van der Waals surface area contributed by atoms with E-state index in [2.05, 4.69) is 37.5 Å². The summed E-state index contributed by atoms with van der Waals surface area (Å²) in [5.74, 6) is -1.46. The minimum absolute atomic E-state index is 0.00442. The van der Waals surface area contributed by atoms with Gasteiger partial charge in [0.1, 0.15) is 17.1 Å². The lowest BCUT2D eigenvalue weighted by Crippen LogP contribution is -2.53. The maximum absolute atomic E-state index is 14.0. The highest BCUT2D eigenvalue weighted by atomic mass is 32.2. The van der Waals surface area contributed by atoms with E-state index in [9.17, 15) is 31.2 Å². The van der Waals surface area contributed by atoms with Crippen molar-refractivity contribution in [1.82, 2.24) is 24.2 Å². The summed E-state index contributed by atoms with van der Waals surface area (Å²) in [7, 11) is -1.97. The first kappa shape index (κ1) is 34.9. The van der Waals surface area contributed by atoms with Crippen molar-refractivity contribution in [1.29, 1.82) is 0 Å².